The fourth-order valence-electron chi connectivity index (χ4n) is 3.44. The lowest BCUT2D eigenvalue weighted by molar-refractivity contribution is 0.133. The third-order valence-electron chi connectivity index (χ3n) is 4.74. The molecule has 112 valence electrons. The van der Waals surface area contributed by atoms with E-state index in [9.17, 15) is 5.11 Å². The Morgan fingerprint density at radius 2 is 1.95 bits per heavy atom. The molecular formula is C18H24N2O. The topological polar surface area (TPSA) is 45.1 Å². The second-order valence-electron chi connectivity index (χ2n) is 6.18. The first kappa shape index (κ1) is 14.5. The summed E-state index contributed by atoms with van der Waals surface area (Å²) in [5.74, 6) is 1.13. The van der Waals surface area contributed by atoms with Crippen molar-refractivity contribution in [3.05, 3.63) is 42.2 Å². The fourth-order valence-corrected chi connectivity index (χ4v) is 3.44. The minimum Gasteiger partial charge on any atom is -0.396 e. The second-order valence-corrected chi connectivity index (χ2v) is 6.18. The summed E-state index contributed by atoms with van der Waals surface area (Å²) in [7, 11) is 0. The minimum atomic E-state index is 0.343. The molecule has 0 radical (unpaired) electrons. The zero-order valence-electron chi connectivity index (χ0n) is 12.5. The first-order chi connectivity index (χ1) is 10.4. The summed E-state index contributed by atoms with van der Waals surface area (Å²) in [5.41, 5.74) is 1.31. The molecule has 1 saturated carbocycles. The van der Waals surface area contributed by atoms with Gasteiger partial charge in [0.25, 0.3) is 0 Å². The Kier molecular flexibility index (Phi) is 4.84. The first-order valence-corrected chi connectivity index (χ1v) is 8.01. The Hall–Kier alpha value is -1.45. The molecule has 1 aromatic heterocycles. The highest BCUT2D eigenvalue weighted by molar-refractivity contribution is 5.81. The van der Waals surface area contributed by atoms with Crippen LogP contribution in [0.25, 0.3) is 10.8 Å². The summed E-state index contributed by atoms with van der Waals surface area (Å²) in [4.78, 5) is 4.14. The number of pyridine rings is 1. The molecule has 1 aliphatic carbocycles. The van der Waals surface area contributed by atoms with Crippen molar-refractivity contribution in [2.75, 3.05) is 13.2 Å². The fraction of sp³-hybridized carbons (Fsp3) is 0.500. The van der Waals surface area contributed by atoms with Gasteiger partial charge in [-0.3, -0.25) is 4.98 Å². The number of aliphatic hydroxyl groups is 1. The number of nitrogens with zero attached hydrogens (tertiary/aromatic N) is 1. The molecule has 1 aromatic carbocycles. The van der Waals surface area contributed by atoms with Crippen molar-refractivity contribution >= 4 is 10.8 Å². The molecule has 2 atom stereocenters. The third kappa shape index (κ3) is 3.60. The molecule has 0 amide bonds. The molecule has 21 heavy (non-hydrogen) atoms. The number of aliphatic hydroxyl groups excluding tert-OH is 1. The van der Waals surface area contributed by atoms with Gasteiger partial charge in [0.15, 0.2) is 0 Å². The predicted octanol–water partition coefficient (Wildman–Crippen LogP) is 3.12. The normalized spacial score (nSPS) is 22.5. The van der Waals surface area contributed by atoms with Crippen molar-refractivity contribution in [2.24, 2.45) is 11.8 Å². The summed E-state index contributed by atoms with van der Waals surface area (Å²) >= 11 is 0. The Morgan fingerprint density at radius 3 is 2.81 bits per heavy atom. The van der Waals surface area contributed by atoms with Gasteiger partial charge in [0.1, 0.15) is 0 Å². The number of hydrogen-bond acceptors (Lipinski definition) is 3. The van der Waals surface area contributed by atoms with Crippen LogP contribution in [0.1, 0.15) is 31.2 Å². The van der Waals surface area contributed by atoms with Gasteiger partial charge in [-0.05, 0) is 54.3 Å². The number of benzene rings is 1. The zero-order chi connectivity index (χ0) is 14.5. The van der Waals surface area contributed by atoms with Gasteiger partial charge in [-0.25, -0.2) is 0 Å². The number of nitrogens with one attached hydrogen (secondary N) is 1. The monoisotopic (exact) mass is 284 g/mol. The smallest absolute Gasteiger partial charge is 0.0462 e. The van der Waals surface area contributed by atoms with E-state index < -0.39 is 0 Å². The van der Waals surface area contributed by atoms with Gasteiger partial charge in [0, 0.05) is 30.9 Å². The largest absolute Gasteiger partial charge is 0.396 e. The number of fused-ring (bicyclic) bond motifs is 1. The van der Waals surface area contributed by atoms with E-state index in [1.807, 2.05) is 12.4 Å². The molecule has 2 aromatic rings. The number of hydrogen-bond donors (Lipinski definition) is 2. The van der Waals surface area contributed by atoms with Crippen molar-refractivity contribution in [2.45, 2.75) is 32.2 Å². The van der Waals surface area contributed by atoms with Crippen LogP contribution in [0.5, 0.6) is 0 Å². The molecule has 1 heterocycles. The van der Waals surface area contributed by atoms with Crippen molar-refractivity contribution in [3.63, 3.8) is 0 Å². The third-order valence-corrected chi connectivity index (χ3v) is 4.74. The lowest BCUT2D eigenvalue weighted by Gasteiger charge is -2.30. The van der Waals surface area contributed by atoms with Gasteiger partial charge in [0.05, 0.1) is 0 Å². The van der Waals surface area contributed by atoms with Crippen molar-refractivity contribution in [1.82, 2.24) is 10.3 Å². The van der Waals surface area contributed by atoms with E-state index in [2.05, 4.69) is 34.6 Å². The molecule has 0 spiro atoms. The van der Waals surface area contributed by atoms with Crippen LogP contribution >= 0.6 is 0 Å². The molecule has 3 heteroatoms. The summed E-state index contributed by atoms with van der Waals surface area (Å²) in [5, 5.41) is 15.5. The molecule has 1 fully saturated rings. The highest BCUT2D eigenvalue weighted by atomic mass is 16.3. The summed E-state index contributed by atoms with van der Waals surface area (Å²) in [6.07, 6.45) is 8.77. The lowest BCUT2D eigenvalue weighted by Crippen LogP contribution is -2.32. The van der Waals surface area contributed by atoms with Crippen molar-refractivity contribution < 1.29 is 5.11 Å². The van der Waals surface area contributed by atoms with E-state index in [0.29, 0.717) is 18.4 Å². The Balaban J connectivity index is 1.56. The van der Waals surface area contributed by atoms with Crippen molar-refractivity contribution in [1.29, 1.82) is 0 Å². The van der Waals surface area contributed by atoms with Crippen LogP contribution in [0.15, 0.2) is 36.7 Å². The van der Waals surface area contributed by atoms with Gasteiger partial charge in [-0.2, -0.15) is 0 Å². The molecule has 3 nitrogen and oxygen atoms in total. The number of rotatable bonds is 5. The standard InChI is InChI=1S/C18H24N2O/c21-13-18-4-2-1-3-16(18)12-20-10-14-5-6-17-11-19-8-7-15(17)9-14/h5-9,11,16,18,20-21H,1-4,10,12-13H2. The van der Waals surface area contributed by atoms with E-state index in [0.717, 1.165) is 13.1 Å². The first-order valence-electron chi connectivity index (χ1n) is 8.01. The van der Waals surface area contributed by atoms with Crippen LogP contribution in [-0.4, -0.2) is 23.2 Å². The highest BCUT2D eigenvalue weighted by Crippen LogP contribution is 2.29. The highest BCUT2D eigenvalue weighted by Gasteiger charge is 2.23. The molecule has 0 bridgehead atoms. The predicted molar refractivity (Wildman–Crippen MR) is 86.0 cm³/mol. The van der Waals surface area contributed by atoms with Crippen LogP contribution in [0.4, 0.5) is 0 Å². The van der Waals surface area contributed by atoms with Crippen LogP contribution in [0.3, 0.4) is 0 Å². The van der Waals surface area contributed by atoms with E-state index >= 15 is 0 Å². The average Bonchev–Trinajstić information content (AvgIpc) is 2.55. The maximum absolute atomic E-state index is 9.46. The van der Waals surface area contributed by atoms with E-state index in [1.54, 1.807) is 0 Å². The van der Waals surface area contributed by atoms with Gasteiger partial charge in [0.2, 0.25) is 0 Å². The van der Waals surface area contributed by atoms with Crippen LogP contribution in [-0.2, 0) is 6.54 Å². The Bertz CT molecular complexity index is 584. The van der Waals surface area contributed by atoms with E-state index in [-0.39, 0.29) is 0 Å². The quantitative estimate of drug-likeness (QED) is 0.886. The van der Waals surface area contributed by atoms with Gasteiger partial charge in [-0.15, -0.1) is 0 Å². The molecule has 0 aliphatic heterocycles. The second kappa shape index (κ2) is 7.01. The molecule has 2 N–H and O–H groups in total. The molecule has 1 aliphatic rings. The van der Waals surface area contributed by atoms with Gasteiger partial charge >= 0.3 is 0 Å². The van der Waals surface area contributed by atoms with E-state index in [4.69, 9.17) is 0 Å². The lowest BCUT2D eigenvalue weighted by atomic mass is 9.79. The Labute approximate surface area is 126 Å². The van der Waals surface area contributed by atoms with Crippen LogP contribution < -0.4 is 5.32 Å². The number of aromatic nitrogens is 1. The molecule has 2 unspecified atom stereocenters. The van der Waals surface area contributed by atoms with Crippen LogP contribution in [0.2, 0.25) is 0 Å². The van der Waals surface area contributed by atoms with Crippen molar-refractivity contribution in [3.8, 4) is 0 Å². The van der Waals surface area contributed by atoms with Gasteiger partial charge < -0.3 is 10.4 Å². The SMILES string of the molecule is OCC1CCCCC1CNCc1ccc2cnccc2c1. The van der Waals surface area contributed by atoms with E-state index in [1.165, 1.54) is 42.0 Å². The molecule has 0 saturated heterocycles. The molecule has 3 rings (SSSR count). The molecular weight excluding hydrogens is 260 g/mol. The summed E-state index contributed by atoms with van der Waals surface area (Å²) < 4.78 is 0. The maximum Gasteiger partial charge on any atom is 0.0462 e. The Morgan fingerprint density at radius 1 is 1.10 bits per heavy atom. The van der Waals surface area contributed by atoms with Gasteiger partial charge in [-0.1, -0.05) is 25.0 Å². The summed E-state index contributed by atoms with van der Waals surface area (Å²) in [6, 6.07) is 8.59. The minimum absolute atomic E-state index is 0.343. The maximum atomic E-state index is 9.46. The zero-order valence-corrected chi connectivity index (χ0v) is 12.5. The van der Waals surface area contributed by atoms with Crippen LogP contribution in [0, 0.1) is 11.8 Å². The summed E-state index contributed by atoms with van der Waals surface area (Å²) in [6.45, 7) is 2.25. The average molecular weight is 284 g/mol.